The van der Waals surface area contributed by atoms with Gasteiger partial charge in [-0.3, -0.25) is 0 Å². The Morgan fingerprint density at radius 1 is 1.43 bits per heavy atom. The maximum absolute atomic E-state index is 11.0. The van der Waals surface area contributed by atoms with Gasteiger partial charge in [0.1, 0.15) is 0 Å². The van der Waals surface area contributed by atoms with E-state index >= 15 is 0 Å². The molecule has 0 aromatic rings. The highest BCUT2D eigenvalue weighted by Crippen LogP contribution is 2.31. The van der Waals surface area contributed by atoms with Crippen molar-refractivity contribution in [1.82, 2.24) is 0 Å². The Morgan fingerprint density at radius 2 is 2.07 bits per heavy atom. The first kappa shape index (κ1) is 11.3. The van der Waals surface area contributed by atoms with Gasteiger partial charge in [0, 0.05) is 5.57 Å². The van der Waals surface area contributed by atoms with Crippen molar-refractivity contribution >= 4 is 5.97 Å². The maximum atomic E-state index is 11.0. The van der Waals surface area contributed by atoms with Gasteiger partial charge in [-0.05, 0) is 25.2 Å². The molecule has 0 unspecified atom stereocenters. The Labute approximate surface area is 86.0 Å². The van der Waals surface area contributed by atoms with E-state index in [1.807, 2.05) is 6.08 Å². The summed E-state index contributed by atoms with van der Waals surface area (Å²) in [5.41, 5.74) is 0.677. The van der Waals surface area contributed by atoms with Crippen LogP contribution in [-0.4, -0.2) is 11.1 Å². The topological polar surface area (TPSA) is 37.3 Å². The summed E-state index contributed by atoms with van der Waals surface area (Å²) >= 11 is 0. The zero-order valence-corrected chi connectivity index (χ0v) is 8.96. The summed E-state index contributed by atoms with van der Waals surface area (Å²) in [6.07, 6.45) is 9.65. The SMILES string of the molecule is CCCCC=C(C(=O)O)C1CCCC1. The summed E-state index contributed by atoms with van der Waals surface area (Å²) in [6.45, 7) is 2.13. The van der Waals surface area contributed by atoms with Gasteiger partial charge in [-0.15, -0.1) is 0 Å². The van der Waals surface area contributed by atoms with Crippen LogP contribution in [0.5, 0.6) is 0 Å². The van der Waals surface area contributed by atoms with Crippen LogP contribution in [0.25, 0.3) is 0 Å². The first-order valence-electron chi connectivity index (χ1n) is 5.69. The van der Waals surface area contributed by atoms with Crippen molar-refractivity contribution in [3.8, 4) is 0 Å². The van der Waals surface area contributed by atoms with Crippen molar-refractivity contribution < 1.29 is 9.90 Å². The second kappa shape index (κ2) is 5.84. The molecule has 1 saturated carbocycles. The maximum Gasteiger partial charge on any atom is 0.331 e. The second-order valence-corrected chi connectivity index (χ2v) is 4.09. The zero-order chi connectivity index (χ0) is 10.4. The van der Waals surface area contributed by atoms with Gasteiger partial charge in [0.25, 0.3) is 0 Å². The lowest BCUT2D eigenvalue weighted by atomic mass is 9.96. The minimum Gasteiger partial charge on any atom is -0.478 e. The molecule has 0 atom stereocenters. The third-order valence-corrected chi connectivity index (χ3v) is 2.96. The van der Waals surface area contributed by atoms with E-state index in [0.29, 0.717) is 11.5 Å². The Kier molecular flexibility index (Phi) is 4.71. The fourth-order valence-corrected chi connectivity index (χ4v) is 2.13. The predicted molar refractivity (Wildman–Crippen MR) is 57.2 cm³/mol. The number of unbranched alkanes of at least 4 members (excludes halogenated alkanes) is 2. The molecule has 2 nitrogen and oxygen atoms in total. The first-order chi connectivity index (χ1) is 6.75. The van der Waals surface area contributed by atoms with Gasteiger partial charge >= 0.3 is 5.97 Å². The molecule has 0 spiro atoms. The van der Waals surface area contributed by atoms with Crippen LogP contribution in [0.15, 0.2) is 11.6 Å². The molecule has 0 saturated heterocycles. The highest BCUT2D eigenvalue weighted by Gasteiger charge is 2.23. The van der Waals surface area contributed by atoms with Crippen molar-refractivity contribution in [3.63, 3.8) is 0 Å². The van der Waals surface area contributed by atoms with Crippen LogP contribution in [0.3, 0.4) is 0 Å². The van der Waals surface area contributed by atoms with Gasteiger partial charge in [-0.2, -0.15) is 0 Å². The van der Waals surface area contributed by atoms with Crippen LogP contribution in [0.2, 0.25) is 0 Å². The molecule has 1 aliphatic rings. The lowest BCUT2D eigenvalue weighted by Crippen LogP contribution is -2.09. The van der Waals surface area contributed by atoms with Crippen LogP contribution in [0.1, 0.15) is 51.9 Å². The number of carbonyl (C=O) groups is 1. The van der Waals surface area contributed by atoms with Crippen LogP contribution in [0.4, 0.5) is 0 Å². The molecule has 0 aromatic heterocycles. The Bertz CT molecular complexity index is 212. The average Bonchev–Trinajstić information content (AvgIpc) is 2.64. The van der Waals surface area contributed by atoms with E-state index in [0.717, 1.165) is 32.1 Å². The molecule has 0 bridgehead atoms. The average molecular weight is 196 g/mol. The van der Waals surface area contributed by atoms with Crippen LogP contribution >= 0.6 is 0 Å². The quantitative estimate of drug-likeness (QED) is 0.540. The molecule has 0 radical (unpaired) electrons. The lowest BCUT2D eigenvalue weighted by molar-refractivity contribution is -0.133. The van der Waals surface area contributed by atoms with Gasteiger partial charge in [0.15, 0.2) is 0 Å². The number of rotatable bonds is 5. The van der Waals surface area contributed by atoms with E-state index in [2.05, 4.69) is 6.92 Å². The van der Waals surface area contributed by atoms with E-state index in [-0.39, 0.29) is 0 Å². The fraction of sp³-hybridized carbons (Fsp3) is 0.750. The molecule has 1 N–H and O–H groups in total. The standard InChI is InChI=1S/C12H20O2/c1-2-3-4-9-11(12(13)14)10-7-5-6-8-10/h9-10H,2-8H2,1H3,(H,13,14). The van der Waals surface area contributed by atoms with Crippen LogP contribution < -0.4 is 0 Å². The minimum absolute atomic E-state index is 0.337. The Hall–Kier alpha value is -0.790. The number of hydrogen-bond acceptors (Lipinski definition) is 1. The molecule has 2 heteroatoms. The molecular formula is C12H20O2. The first-order valence-corrected chi connectivity index (χ1v) is 5.69. The smallest absolute Gasteiger partial charge is 0.331 e. The van der Waals surface area contributed by atoms with Gasteiger partial charge < -0.3 is 5.11 Å². The number of aliphatic carboxylic acids is 1. The number of hydrogen-bond donors (Lipinski definition) is 1. The number of carboxylic acid groups (broad SMARTS) is 1. The Balaban J connectivity index is 2.53. The number of allylic oxidation sites excluding steroid dienone is 1. The predicted octanol–water partition coefficient (Wildman–Crippen LogP) is 3.38. The molecule has 14 heavy (non-hydrogen) atoms. The van der Waals surface area contributed by atoms with Gasteiger partial charge in [-0.25, -0.2) is 4.79 Å². The van der Waals surface area contributed by atoms with Gasteiger partial charge in [0.05, 0.1) is 0 Å². The lowest BCUT2D eigenvalue weighted by Gasteiger charge is -2.09. The van der Waals surface area contributed by atoms with E-state index in [4.69, 9.17) is 5.11 Å². The normalized spacial score (nSPS) is 18.8. The second-order valence-electron chi connectivity index (χ2n) is 4.09. The molecular weight excluding hydrogens is 176 g/mol. The van der Waals surface area contributed by atoms with Gasteiger partial charge in [0.2, 0.25) is 0 Å². The third kappa shape index (κ3) is 3.17. The van der Waals surface area contributed by atoms with Crippen LogP contribution in [-0.2, 0) is 4.79 Å². The van der Waals surface area contributed by atoms with Crippen molar-refractivity contribution in [1.29, 1.82) is 0 Å². The summed E-state index contributed by atoms with van der Waals surface area (Å²) in [6, 6.07) is 0. The fourth-order valence-electron chi connectivity index (χ4n) is 2.13. The summed E-state index contributed by atoms with van der Waals surface area (Å²) in [4.78, 5) is 11.0. The summed E-state index contributed by atoms with van der Waals surface area (Å²) in [5.74, 6) is -0.364. The van der Waals surface area contributed by atoms with E-state index in [9.17, 15) is 4.79 Å². The molecule has 1 fully saturated rings. The Morgan fingerprint density at radius 3 is 2.57 bits per heavy atom. The third-order valence-electron chi connectivity index (χ3n) is 2.96. The summed E-state index contributed by atoms with van der Waals surface area (Å²) in [7, 11) is 0. The summed E-state index contributed by atoms with van der Waals surface area (Å²) < 4.78 is 0. The zero-order valence-electron chi connectivity index (χ0n) is 8.96. The van der Waals surface area contributed by atoms with E-state index in [1.165, 1.54) is 12.8 Å². The molecule has 80 valence electrons. The highest BCUT2D eigenvalue weighted by molar-refractivity contribution is 5.87. The highest BCUT2D eigenvalue weighted by atomic mass is 16.4. The molecule has 0 amide bonds. The van der Waals surface area contributed by atoms with Crippen molar-refractivity contribution in [2.75, 3.05) is 0 Å². The summed E-state index contributed by atoms with van der Waals surface area (Å²) in [5, 5.41) is 9.06. The molecule has 0 heterocycles. The molecule has 1 aliphatic carbocycles. The monoisotopic (exact) mass is 196 g/mol. The van der Waals surface area contributed by atoms with E-state index < -0.39 is 5.97 Å². The van der Waals surface area contributed by atoms with Crippen molar-refractivity contribution in [2.24, 2.45) is 5.92 Å². The molecule has 0 aromatic carbocycles. The largest absolute Gasteiger partial charge is 0.478 e. The van der Waals surface area contributed by atoms with Crippen molar-refractivity contribution in [2.45, 2.75) is 51.9 Å². The van der Waals surface area contributed by atoms with Crippen molar-refractivity contribution in [3.05, 3.63) is 11.6 Å². The minimum atomic E-state index is -0.701. The number of carboxylic acids is 1. The van der Waals surface area contributed by atoms with E-state index in [1.54, 1.807) is 0 Å². The van der Waals surface area contributed by atoms with Gasteiger partial charge in [-0.1, -0.05) is 38.7 Å². The molecule has 0 aliphatic heterocycles. The molecule has 1 rings (SSSR count). The van der Waals surface area contributed by atoms with Crippen LogP contribution in [0, 0.1) is 5.92 Å².